The van der Waals surface area contributed by atoms with Gasteiger partial charge in [-0.2, -0.15) is 0 Å². The molecule has 0 aliphatic heterocycles. The molecule has 1 aromatic carbocycles. The Bertz CT molecular complexity index is 238. The number of aryl methyl sites for hydroxylation is 1. The van der Waals surface area contributed by atoms with E-state index in [9.17, 15) is 4.79 Å². The van der Waals surface area contributed by atoms with Gasteiger partial charge in [-0.05, 0) is 12.0 Å². The minimum atomic E-state index is -0.742. The quantitative estimate of drug-likeness (QED) is 0.554. The summed E-state index contributed by atoms with van der Waals surface area (Å²) in [4.78, 5) is 10.2. The van der Waals surface area contributed by atoms with Gasteiger partial charge in [0.15, 0.2) is 0 Å². The summed E-state index contributed by atoms with van der Waals surface area (Å²) >= 11 is 0. The van der Waals surface area contributed by atoms with Crippen molar-refractivity contribution in [1.82, 2.24) is 0 Å². The summed E-state index contributed by atoms with van der Waals surface area (Å²) in [5, 5.41) is 21.9. The minimum Gasteiger partial charge on any atom is -0.481 e. The van der Waals surface area contributed by atoms with E-state index in [4.69, 9.17) is 15.4 Å². The van der Waals surface area contributed by atoms with E-state index in [1.807, 2.05) is 30.3 Å². The summed E-state index contributed by atoms with van der Waals surface area (Å²) in [6, 6.07) is 9.62. The van der Waals surface area contributed by atoms with Gasteiger partial charge in [-0.15, -0.1) is 0 Å². The van der Waals surface area contributed by atoms with Crippen molar-refractivity contribution < 1.29 is 20.2 Å². The Balaban J connectivity index is 0. The van der Waals surface area contributed by atoms with Crippen molar-refractivity contribution in [2.75, 3.05) is 7.11 Å². The van der Waals surface area contributed by atoms with Gasteiger partial charge in [-0.3, -0.25) is 4.79 Å². The molecule has 0 saturated carbocycles. The Labute approximate surface area is 88.7 Å². The van der Waals surface area contributed by atoms with Gasteiger partial charge < -0.3 is 15.4 Å². The van der Waals surface area contributed by atoms with Crippen LogP contribution in [0.5, 0.6) is 0 Å². The van der Waals surface area contributed by atoms with Crippen molar-refractivity contribution in [3.8, 4) is 0 Å². The summed E-state index contributed by atoms with van der Waals surface area (Å²) in [5.74, 6) is 2.76. The second kappa shape index (κ2) is 12.6. The van der Waals surface area contributed by atoms with E-state index in [1.54, 1.807) is 0 Å². The van der Waals surface area contributed by atoms with E-state index in [-0.39, 0.29) is 6.42 Å². The minimum absolute atomic E-state index is 0.212. The summed E-state index contributed by atoms with van der Waals surface area (Å²) in [6.07, 6.45) is 0.834. The van der Waals surface area contributed by atoms with Crippen LogP contribution < -0.4 is 5.90 Å². The molecule has 0 aromatic heterocycles. The zero-order chi connectivity index (χ0) is 12.1. The van der Waals surface area contributed by atoms with Crippen LogP contribution in [0.15, 0.2) is 30.3 Å². The Morgan fingerprint density at radius 2 is 1.67 bits per heavy atom. The molecule has 0 spiro atoms. The van der Waals surface area contributed by atoms with Crippen molar-refractivity contribution in [2.45, 2.75) is 12.8 Å². The zero-order valence-corrected chi connectivity index (χ0v) is 8.63. The van der Waals surface area contributed by atoms with Gasteiger partial charge in [0, 0.05) is 13.5 Å². The Morgan fingerprint density at radius 3 is 2.07 bits per heavy atom. The van der Waals surface area contributed by atoms with E-state index < -0.39 is 5.97 Å². The fourth-order valence-electron chi connectivity index (χ4n) is 0.896. The number of nitrogens with two attached hydrogens (primary N) is 1. The fourth-order valence-corrected chi connectivity index (χ4v) is 0.896. The van der Waals surface area contributed by atoms with Crippen molar-refractivity contribution in [3.63, 3.8) is 0 Å². The molecule has 0 fully saturated rings. The molecule has 1 aromatic rings. The fraction of sp³-hybridized carbons (Fsp3) is 0.300. The highest BCUT2D eigenvalue weighted by Crippen LogP contribution is 2.01. The maximum absolute atomic E-state index is 10.2. The van der Waals surface area contributed by atoms with Crippen LogP contribution in [-0.2, 0) is 11.2 Å². The molecule has 5 nitrogen and oxygen atoms in total. The van der Waals surface area contributed by atoms with Crippen molar-refractivity contribution in [1.29, 1.82) is 0 Å². The molecule has 15 heavy (non-hydrogen) atoms. The number of aliphatic hydroxyl groups is 1. The van der Waals surface area contributed by atoms with Gasteiger partial charge in [-0.1, -0.05) is 30.3 Å². The topological polar surface area (TPSA) is 104 Å². The summed E-state index contributed by atoms with van der Waals surface area (Å²) in [7, 11) is 1.00. The first kappa shape index (κ1) is 16.0. The monoisotopic (exact) mass is 215 g/mol. The molecule has 0 atom stereocenters. The second-order valence-electron chi connectivity index (χ2n) is 2.38. The summed E-state index contributed by atoms with van der Waals surface area (Å²) < 4.78 is 0. The lowest BCUT2D eigenvalue weighted by Gasteiger charge is -1.95. The highest BCUT2D eigenvalue weighted by molar-refractivity contribution is 5.67. The van der Waals surface area contributed by atoms with Gasteiger partial charge in [0.05, 0.1) is 0 Å². The van der Waals surface area contributed by atoms with Gasteiger partial charge in [0.2, 0.25) is 0 Å². The lowest BCUT2D eigenvalue weighted by Crippen LogP contribution is -1.96. The number of aliphatic carboxylic acids is 1. The smallest absolute Gasteiger partial charge is 0.303 e. The molecule has 0 saturated heterocycles. The molecular weight excluding hydrogens is 198 g/mol. The SMILES string of the molecule is CO.NO.O=C(O)CCc1ccccc1. The van der Waals surface area contributed by atoms with Crippen molar-refractivity contribution in [3.05, 3.63) is 35.9 Å². The van der Waals surface area contributed by atoms with Gasteiger partial charge in [0.1, 0.15) is 0 Å². The average Bonchev–Trinajstić information content (AvgIpc) is 2.33. The van der Waals surface area contributed by atoms with Gasteiger partial charge in [-0.25, -0.2) is 5.90 Å². The highest BCUT2D eigenvalue weighted by Gasteiger charge is 1.96. The first-order chi connectivity index (χ1) is 7.29. The van der Waals surface area contributed by atoms with Crippen LogP contribution in [0.3, 0.4) is 0 Å². The van der Waals surface area contributed by atoms with Crippen LogP contribution >= 0.6 is 0 Å². The molecule has 0 heterocycles. The van der Waals surface area contributed by atoms with E-state index in [0.717, 1.165) is 12.7 Å². The van der Waals surface area contributed by atoms with E-state index in [1.165, 1.54) is 0 Å². The molecule has 0 amide bonds. The standard InChI is InChI=1S/C9H10O2.CH4O.H3NO/c10-9(11)7-6-8-4-2-1-3-5-8;2*1-2/h1-5H,6-7H2,(H,10,11);2H,1H3;2H,1H2. The Kier molecular flexibility index (Phi) is 13.4. The highest BCUT2D eigenvalue weighted by atomic mass is 16.4. The molecular formula is C10H17NO4. The number of carboxylic acids is 1. The summed E-state index contributed by atoms with van der Waals surface area (Å²) in [6.45, 7) is 0. The van der Waals surface area contributed by atoms with Crippen molar-refractivity contribution in [2.24, 2.45) is 5.90 Å². The first-order valence-electron chi connectivity index (χ1n) is 4.25. The number of rotatable bonds is 3. The predicted molar refractivity (Wildman–Crippen MR) is 56.5 cm³/mol. The van der Waals surface area contributed by atoms with Crippen LogP contribution in [0.25, 0.3) is 0 Å². The van der Waals surface area contributed by atoms with Crippen LogP contribution in [-0.4, -0.2) is 28.5 Å². The third-order valence-corrected chi connectivity index (χ3v) is 1.47. The average molecular weight is 215 g/mol. The van der Waals surface area contributed by atoms with E-state index in [2.05, 4.69) is 5.90 Å². The number of benzene rings is 1. The molecule has 5 N–H and O–H groups in total. The zero-order valence-electron chi connectivity index (χ0n) is 8.63. The third kappa shape index (κ3) is 10.5. The molecule has 0 aliphatic carbocycles. The molecule has 0 bridgehead atoms. The molecule has 1 rings (SSSR count). The number of hydrogen-bond donors (Lipinski definition) is 4. The van der Waals surface area contributed by atoms with Crippen LogP contribution in [0.1, 0.15) is 12.0 Å². The molecule has 0 unspecified atom stereocenters. The molecule has 5 heteroatoms. The lowest BCUT2D eigenvalue weighted by molar-refractivity contribution is -0.136. The number of carbonyl (C=O) groups is 1. The second-order valence-corrected chi connectivity index (χ2v) is 2.38. The number of carboxylic acid groups (broad SMARTS) is 1. The summed E-state index contributed by atoms with van der Waals surface area (Å²) in [5.41, 5.74) is 1.08. The normalized spacial score (nSPS) is 7.73. The van der Waals surface area contributed by atoms with Gasteiger partial charge >= 0.3 is 5.97 Å². The van der Waals surface area contributed by atoms with E-state index in [0.29, 0.717) is 6.42 Å². The first-order valence-corrected chi connectivity index (χ1v) is 4.25. The molecule has 86 valence electrons. The predicted octanol–water partition coefficient (Wildman–Crippen LogP) is 0.647. The van der Waals surface area contributed by atoms with Crippen LogP contribution in [0, 0.1) is 0 Å². The molecule has 0 aliphatic rings. The van der Waals surface area contributed by atoms with E-state index >= 15 is 0 Å². The van der Waals surface area contributed by atoms with Crippen LogP contribution in [0.4, 0.5) is 0 Å². The largest absolute Gasteiger partial charge is 0.481 e. The van der Waals surface area contributed by atoms with Crippen LogP contribution in [0.2, 0.25) is 0 Å². The Hall–Kier alpha value is -1.43. The third-order valence-electron chi connectivity index (χ3n) is 1.47. The van der Waals surface area contributed by atoms with Crippen molar-refractivity contribution >= 4 is 5.97 Å². The number of hydrogen-bond acceptors (Lipinski definition) is 4. The maximum atomic E-state index is 10.2. The Morgan fingerprint density at radius 1 is 1.20 bits per heavy atom. The lowest BCUT2D eigenvalue weighted by atomic mass is 10.1. The molecule has 0 radical (unpaired) electrons. The van der Waals surface area contributed by atoms with Gasteiger partial charge in [0.25, 0.3) is 0 Å². The maximum Gasteiger partial charge on any atom is 0.303 e. The number of aliphatic hydroxyl groups excluding tert-OH is 1.